The molecule has 0 radical (unpaired) electrons. The summed E-state index contributed by atoms with van der Waals surface area (Å²) < 4.78 is 12.8. The lowest BCUT2D eigenvalue weighted by Crippen LogP contribution is -2.38. The first-order chi connectivity index (χ1) is 8.99. The van der Waals surface area contributed by atoms with Gasteiger partial charge in [0.1, 0.15) is 5.82 Å². The zero-order valence-corrected chi connectivity index (χ0v) is 10.3. The minimum absolute atomic E-state index is 0.0191. The molecule has 98 valence electrons. The lowest BCUT2D eigenvalue weighted by Gasteiger charge is -2.17. The Balaban J connectivity index is 2.33. The van der Waals surface area contributed by atoms with E-state index in [2.05, 4.69) is 9.97 Å². The highest BCUT2D eigenvalue weighted by Crippen LogP contribution is 2.20. The minimum atomic E-state index is -0.596. The predicted octanol–water partition coefficient (Wildman–Crippen LogP) is 1.37. The summed E-state index contributed by atoms with van der Waals surface area (Å²) >= 11 is 5.61. The van der Waals surface area contributed by atoms with Crippen LogP contribution in [0.3, 0.4) is 0 Å². The number of carbonyl (C=O) groups is 1. The van der Waals surface area contributed by atoms with Crippen LogP contribution < -0.4 is 16.6 Å². The number of benzene rings is 1. The van der Waals surface area contributed by atoms with Crippen LogP contribution in [0, 0.1) is 5.82 Å². The van der Waals surface area contributed by atoms with Gasteiger partial charge in [0.2, 0.25) is 5.28 Å². The van der Waals surface area contributed by atoms with Crippen molar-refractivity contribution in [3.63, 3.8) is 0 Å². The topological polar surface area (TPSA) is 98.1 Å². The number of nitrogen functional groups attached to an aromatic ring is 1. The van der Waals surface area contributed by atoms with Crippen LogP contribution in [0.4, 0.5) is 15.9 Å². The summed E-state index contributed by atoms with van der Waals surface area (Å²) in [7, 11) is 0. The molecule has 0 bridgehead atoms. The molecule has 0 aliphatic carbocycles. The maximum Gasteiger partial charge on any atom is 0.273 e. The number of nitrogens with two attached hydrogens (primary N) is 2. The Labute approximate surface area is 112 Å². The molecule has 0 saturated carbocycles. The SMILES string of the molecule is Nc1cnc(Cl)nc1N(N)C(=O)c1ccc(F)cc1. The highest BCUT2D eigenvalue weighted by atomic mass is 35.5. The number of amides is 1. The van der Waals surface area contributed by atoms with Crippen molar-refractivity contribution in [3.8, 4) is 0 Å². The van der Waals surface area contributed by atoms with E-state index >= 15 is 0 Å². The number of rotatable bonds is 2. The fourth-order valence-electron chi connectivity index (χ4n) is 1.38. The van der Waals surface area contributed by atoms with Gasteiger partial charge in [-0.25, -0.2) is 20.2 Å². The number of anilines is 2. The average Bonchev–Trinajstić information content (AvgIpc) is 2.41. The summed E-state index contributed by atoms with van der Waals surface area (Å²) in [6, 6.07) is 4.90. The van der Waals surface area contributed by atoms with E-state index < -0.39 is 11.7 Å². The Morgan fingerprint density at radius 3 is 2.58 bits per heavy atom. The molecule has 0 unspecified atom stereocenters. The van der Waals surface area contributed by atoms with E-state index in [9.17, 15) is 9.18 Å². The van der Waals surface area contributed by atoms with Crippen LogP contribution >= 0.6 is 11.6 Å². The molecule has 6 nitrogen and oxygen atoms in total. The molecule has 1 aromatic heterocycles. The number of aromatic nitrogens is 2. The first kappa shape index (κ1) is 13.2. The van der Waals surface area contributed by atoms with Gasteiger partial charge in [0.25, 0.3) is 5.91 Å². The van der Waals surface area contributed by atoms with Crippen LogP contribution in [0.5, 0.6) is 0 Å². The maximum atomic E-state index is 12.8. The van der Waals surface area contributed by atoms with E-state index in [0.29, 0.717) is 0 Å². The normalized spacial score (nSPS) is 10.3. The van der Waals surface area contributed by atoms with Crippen molar-refractivity contribution in [1.29, 1.82) is 0 Å². The number of hydrogen-bond acceptors (Lipinski definition) is 5. The van der Waals surface area contributed by atoms with Crippen molar-refractivity contribution < 1.29 is 9.18 Å². The van der Waals surface area contributed by atoms with Gasteiger partial charge in [-0.05, 0) is 35.9 Å². The molecule has 19 heavy (non-hydrogen) atoms. The van der Waals surface area contributed by atoms with Crippen LogP contribution in [-0.2, 0) is 0 Å². The third-order valence-corrected chi connectivity index (χ3v) is 2.49. The fraction of sp³-hybridized carbons (Fsp3) is 0. The van der Waals surface area contributed by atoms with Crippen LogP contribution in [0.15, 0.2) is 30.5 Å². The molecular formula is C11H9ClFN5O. The highest BCUT2D eigenvalue weighted by molar-refractivity contribution is 6.28. The molecule has 1 aromatic carbocycles. The van der Waals surface area contributed by atoms with E-state index in [-0.39, 0.29) is 22.4 Å². The van der Waals surface area contributed by atoms with Gasteiger partial charge in [-0.2, -0.15) is 4.98 Å². The molecule has 8 heteroatoms. The Hall–Kier alpha value is -2.25. The second kappa shape index (κ2) is 5.17. The zero-order chi connectivity index (χ0) is 14.0. The van der Waals surface area contributed by atoms with Crippen molar-refractivity contribution in [2.24, 2.45) is 5.84 Å². The van der Waals surface area contributed by atoms with Gasteiger partial charge < -0.3 is 5.73 Å². The van der Waals surface area contributed by atoms with Crippen LogP contribution in [0.25, 0.3) is 0 Å². The quantitative estimate of drug-likeness (QED) is 0.375. The summed E-state index contributed by atoms with van der Waals surface area (Å²) in [5.74, 6) is 4.57. The molecule has 1 heterocycles. The van der Waals surface area contributed by atoms with Crippen LogP contribution in [0.2, 0.25) is 5.28 Å². The molecule has 0 aliphatic heterocycles. The standard InChI is InChI=1S/C11H9ClFN5O/c12-11-16-5-8(14)9(17-11)18(15)10(19)6-1-3-7(13)4-2-6/h1-5H,14-15H2. The molecule has 0 atom stereocenters. The lowest BCUT2D eigenvalue weighted by atomic mass is 10.2. The molecule has 2 rings (SSSR count). The van der Waals surface area contributed by atoms with Crippen LogP contribution in [0.1, 0.15) is 10.4 Å². The number of hydrogen-bond donors (Lipinski definition) is 2. The largest absolute Gasteiger partial charge is 0.394 e. The van der Waals surface area contributed by atoms with Crippen molar-refractivity contribution in [2.45, 2.75) is 0 Å². The Morgan fingerprint density at radius 2 is 1.95 bits per heavy atom. The van der Waals surface area contributed by atoms with E-state index in [1.165, 1.54) is 18.3 Å². The van der Waals surface area contributed by atoms with E-state index in [4.69, 9.17) is 23.2 Å². The number of halogens is 2. The molecule has 0 spiro atoms. The first-order valence-electron chi connectivity index (χ1n) is 5.12. The number of nitrogens with zero attached hydrogens (tertiary/aromatic N) is 3. The molecular weight excluding hydrogens is 273 g/mol. The highest BCUT2D eigenvalue weighted by Gasteiger charge is 2.18. The second-order valence-electron chi connectivity index (χ2n) is 3.60. The van der Waals surface area contributed by atoms with E-state index in [1.807, 2.05) is 0 Å². The van der Waals surface area contributed by atoms with Crippen molar-refractivity contribution >= 4 is 29.0 Å². The summed E-state index contributed by atoms with van der Waals surface area (Å²) in [6.07, 6.45) is 1.24. The average molecular weight is 282 g/mol. The van der Waals surface area contributed by atoms with Crippen molar-refractivity contribution in [1.82, 2.24) is 9.97 Å². The van der Waals surface area contributed by atoms with Gasteiger partial charge in [-0.15, -0.1) is 0 Å². The first-order valence-corrected chi connectivity index (χ1v) is 5.49. The molecule has 0 aliphatic rings. The van der Waals surface area contributed by atoms with Gasteiger partial charge in [0.15, 0.2) is 5.82 Å². The third kappa shape index (κ3) is 2.78. The number of hydrazine groups is 1. The monoisotopic (exact) mass is 281 g/mol. The third-order valence-electron chi connectivity index (χ3n) is 2.30. The fourth-order valence-corrected chi connectivity index (χ4v) is 1.51. The smallest absolute Gasteiger partial charge is 0.273 e. The molecule has 0 saturated heterocycles. The van der Waals surface area contributed by atoms with Gasteiger partial charge in [0.05, 0.1) is 11.9 Å². The minimum Gasteiger partial charge on any atom is -0.394 e. The molecule has 0 fully saturated rings. The predicted molar refractivity (Wildman–Crippen MR) is 68.9 cm³/mol. The maximum absolute atomic E-state index is 12.8. The lowest BCUT2D eigenvalue weighted by molar-refractivity contribution is 0.0986. The molecule has 1 amide bonds. The van der Waals surface area contributed by atoms with Gasteiger partial charge in [-0.3, -0.25) is 4.79 Å². The summed E-state index contributed by atoms with van der Waals surface area (Å²) in [5, 5.41) is 0.641. The van der Waals surface area contributed by atoms with Gasteiger partial charge in [-0.1, -0.05) is 0 Å². The van der Waals surface area contributed by atoms with Crippen LogP contribution in [-0.4, -0.2) is 15.9 Å². The molecule has 4 N–H and O–H groups in total. The zero-order valence-electron chi connectivity index (χ0n) is 9.55. The Kier molecular flexibility index (Phi) is 3.59. The van der Waals surface area contributed by atoms with Gasteiger partial charge in [0, 0.05) is 5.56 Å². The molecule has 2 aromatic rings. The summed E-state index contributed by atoms with van der Waals surface area (Å²) in [5.41, 5.74) is 5.90. The van der Waals surface area contributed by atoms with E-state index in [1.54, 1.807) is 0 Å². The van der Waals surface area contributed by atoms with E-state index in [0.717, 1.165) is 17.1 Å². The van der Waals surface area contributed by atoms with Gasteiger partial charge >= 0.3 is 0 Å². The van der Waals surface area contributed by atoms with Crippen molar-refractivity contribution in [2.75, 3.05) is 10.7 Å². The number of carbonyl (C=O) groups excluding carboxylic acids is 1. The Morgan fingerprint density at radius 1 is 1.32 bits per heavy atom. The summed E-state index contributed by atoms with van der Waals surface area (Å²) in [6.45, 7) is 0. The van der Waals surface area contributed by atoms with Crippen molar-refractivity contribution in [3.05, 3.63) is 47.1 Å². The summed E-state index contributed by atoms with van der Waals surface area (Å²) in [4.78, 5) is 19.5. The second-order valence-corrected chi connectivity index (χ2v) is 3.94. The Bertz CT molecular complexity index is 619.